The highest BCUT2D eigenvalue weighted by molar-refractivity contribution is 7.17. The van der Waals surface area contributed by atoms with E-state index >= 15 is 0 Å². The second-order valence-corrected chi connectivity index (χ2v) is 8.73. The number of para-hydroxylation sites is 1. The Hall–Kier alpha value is -2.44. The van der Waals surface area contributed by atoms with Crippen molar-refractivity contribution in [1.82, 2.24) is 4.90 Å². The first kappa shape index (κ1) is 20.8. The molecule has 1 N–H and O–H groups in total. The van der Waals surface area contributed by atoms with Crippen LogP contribution in [-0.2, 0) is 0 Å². The maximum Gasteiger partial charge on any atom is 0.417 e. The van der Waals surface area contributed by atoms with Crippen LogP contribution in [0.3, 0.4) is 0 Å². The Morgan fingerprint density at radius 1 is 1.23 bits per heavy atom. The zero-order valence-electron chi connectivity index (χ0n) is 17.2. The van der Waals surface area contributed by atoms with Crippen LogP contribution in [0.1, 0.15) is 44.1 Å². The van der Waals surface area contributed by atoms with E-state index in [1.807, 2.05) is 18.2 Å². The summed E-state index contributed by atoms with van der Waals surface area (Å²) in [6, 6.07) is 11.8. The van der Waals surface area contributed by atoms with E-state index in [-0.39, 0.29) is 5.75 Å². The van der Waals surface area contributed by atoms with E-state index in [1.54, 1.807) is 23.5 Å². The fourth-order valence-electron chi connectivity index (χ4n) is 4.06. The maximum atomic E-state index is 13.7. The molecule has 2 aromatic carbocycles. The van der Waals surface area contributed by atoms with Crippen molar-refractivity contribution >= 4 is 33.2 Å². The van der Waals surface area contributed by atoms with Gasteiger partial charge in [-0.2, -0.15) is 0 Å². The van der Waals surface area contributed by atoms with Crippen molar-refractivity contribution in [2.45, 2.75) is 38.5 Å². The molecule has 3 aromatic rings. The predicted molar refractivity (Wildman–Crippen MR) is 121 cm³/mol. The van der Waals surface area contributed by atoms with E-state index in [0.29, 0.717) is 11.6 Å². The van der Waals surface area contributed by atoms with Crippen molar-refractivity contribution in [2.24, 2.45) is 0 Å². The smallest absolute Gasteiger partial charge is 0.407 e. The van der Waals surface area contributed by atoms with Gasteiger partial charge < -0.3 is 9.64 Å². The largest absolute Gasteiger partial charge is 0.417 e. The maximum absolute atomic E-state index is 13.7. The molecule has 1 aliphatic heterocycles. The molecule has 0 radical (unpaired) electrons. The summed E-state index contributed by atoms with van der Waals surface area (Å²) in [5.74, 6) is -0.0899. The van der Waals surface area contributed by atoms with Gasteiger partial charge >= 0.3 is 6.09 Å². The highest BCUT2D eigenvalue weighted by atomic mass is 32.1. The van der Waals surface area contributed by atoms with Crippen molar-refractivity contribution in [2.75, 3.05) is 25.0 Å². The van der Waals surface area contributed by atoms with Gasteiger partial charge in [-0.05, 0) is 91.5 Å². The Morgan fingerprint density at radius 3 is 2.80 bits per heavy atom. The van der Waals surface area contributed by atoms with Crippen LogP contribution < -0.4 is 10.1 Å². The highest BCUT2D eigenvalue weighted by Crippen LogP contribution is 2.38. The van der Waals surface area contributed by atoms with Crippen LogP contribution in [0.25, 0.3) is 10.1 Å². The minimum absolute atomic E-state index is 0.0814. The Balaban J connectivity index is 1.44. The van der Waals surface area contributed by atoms with Gasteiger partial charge in [0.2, 0.25) is 0 Å². The molecule has 6 heteroatoms. The van der Waals surface area contributed by atoms with Crippen molar-refractivity contribution in [3.8, 4) is 5.75 Å². The van der Waals surface area contributed by atoms with Crippen LogP contribution in [0.15, 0.2) is 47.8 Å². The average molecular weight is 427 g/mol. The number of amides is 1. The number of fused-ring (bicyclic) bond motifs is 1. The lowest BCUT2D eigenvalue weighted by Gasteiger charge is -2.32. The van der Waals surface area contributed by atoms with Gasteiger partial charge in [-0.3, -0.25) is 5.32 Å². The van der Waals surface area contributed by atoms with Crippen molar-refractivity contribution in [3.63, 3.8) is 0 Å². The number of likely N-dealkylation sites (tertiary alicyclic amines) is 1. The number of anilines is 1. The molecule has 0 atom stereocenters. The molecule has 1 saturated heterocycles. The molecule has 158 valence electrons. The summed E-state index contributed by atoms with van der Waals surface area (Å²) in [4.78, 5) is 14.8. The number of thiophene rings is 1. The molecule has 0 aliphatic carbocycles. The number of nitrogens with one attached hydrogen (secondary N) is 1. The molecule has 1 fully saturated rings. The van der Waals surface area contributed by atoms with Crippen LogP contribution in [-0.4, -0.2) is 30.6 Å². The number of rotatable bonds is 6. The normalized spacial score (nSPS) is 15.4. The van der Waals surface area contributed by atoms with Gasteiger partial charge in [0, 0.05) is 10.4 Å². The average Bonchev–Trinajstić information content (AvgIpc) is 3.17. The standard InChI is InChI=1S/C24H27FN2O2S/c1-2-3-12-27-13-10-17(11-14-27)20-16-30-23-9-8-18(15-19(20)23)26-24(28)29-22-7-5-4-6-21(22)25/h4-9,15-17H,2-3,10-14H2,1H3,(H,26,28). The Kier molecular flexibility index (Phi) is 6.65. The quantitative estimate of drug-likeness (QED) is 0.481. The molecular formula is C24H27FN2O2S. The first-order chi connectivity index (χ1) is 14.6. The van der Waals surface area contributed by atoms with Crippen LogP contribution in [0, 0.1) is 5.82 Å². The highest BCUT2D eigenvalue weighted by Gasteiger charge is 2.22. The van der Waals surface area contributed by atoms with Gasteiger partial charge in [0.1, 0.15) is 0 Å². The summed E-state index contributed by atoms with van der Waals surface area (Å²) in [6.45, 7) is 5.73. The van der Waals surface area contributed by atoms with Crippen LogP contribution in [0.5, 0.6) is 5.75 Å². The Labute approximate surface area is 180 Å². The van der Waals surface area contributed by atoms with Gasteiger partial charge in [0.05, 0.1) is 0 Å². The molecule has 0 spiro atoms. The van der Waals surface area contributed by atoms with Gasteiger partial charge in [-0.15, -0.1) is 11.3 Å². The van der Waals surface area contributed by atoms with Crippen LogP contribution in [0.2, 0.25) is 0 Å². The van der Waals surface area contributed by atoms with E-state index in [2.05, 4.69) is 22.5 Å². The molecular weight excluding hydrogens is 399 g/mol. The number of halogens is 1. The fraction of sp³-hybridized carbons (Fsp3) is 0.375. The molecule has 4 rings (SSSR count). The van der Waals surface area contributed by atoms with Gasteiger partial charge in [-0.1, -0.05) is 25.5 Å². The number of piperidine rings is 1. The SMILES string of the molecule is CCCCN1CCC(c2csc3ccc(NC(=O)Oc4ccccc4F)cc23)CC1. The number of hydrogen-bond donors (Lipinski definition) is 1. The van der Waals surface area contributed by atoms with Crippen molar-refractivity contribution in [1.29, 1.82) is 0 Å². The number of ether oxygens (including phenoxy) is 1. The first-order valence-corrected chi connectivity index (χ1v) is 11.5. The summed E-state index contributed by atoms with van der Waals surface area (Å²) in [6.07, 6.45) is 4.15. The number of hydrogen-bond acceptors (Lipinski definition) is 4. The van der Waals surface area contributed by atoms with Crippen molar-refractivity contribution in [3.05, 3.63) is 59.2 Å². The molecule has 30 heavy (non-hydrogen) atoms. The molecule has 1 aromatic heterocycles. The summed E-state index contributed by atoms with van der Waals surface area (Å²) < 4.78 is 20.0. The summed E-state index contributed by atoms with van der Waals surface area (Å²) in [5, 5.41) is 6.18. The Bertz CT molecular complexity index is 1010. The van der Waals surface area contributed by atoms with E-state index in [4.69, 9.17) is 4.74 Å². The Morgan fingerprint density at radius 2 is 2.03 bits per heavy atom. The van der Waals surface area contributed by atoms with Crippen LogP contribution in [0.4, 0.5) is 14.9 Å². The van der Waals surface area contributed by atoms with Gasteiger partial charge in [0.25, 0.3) is 0 Å². The van der Waals surface area contributed by atoms with Gasteiger partial charge in [-0.25, -0.2) is 9.18 Å². The second kappa shape index (κ2) is 9.58. The zero-order valence-corrected chi connectivity index (χ0v) is 18.0. The molecule has 1 amide bonds. The topological polar surface area (TPSA) is 41.6 Å². The number of carbonyl (C=O) groups excluding carboxylic acids is 1. The van der Waals surface area contributed by atoms with Crippen LogP contribution >= 0.6 is 11.3 Å². The number of benzene rings is 2. The molecule has 2 heterocycles. The van der Waals surface area contributed by atoms with E-state index in [9.17, 15) is 9.18 Å². The van der Waals surface area contributed by atoms with Crippen molar-refractivity contribution < 1.29 is 13.9 Å². The van der Waals surface area contributed by atoms with Gasteiger partial charge in [0.15, 0.2) is 11.6 Å². The molecule has 0 unspecified atom stereocenters. The van der Waals surface area contributed by atoms with E-state index in [0.717, 1.165) is 13.1 Å². The summed E-state index contributed by atoms with van der Waals surface area (Å²) in [7, 11) is 0. The molecule has 0 saturated carbocycles. The third kappa shape index (κ3) is 4.82. The number of nitrogens with zero attached hydrogens (tertiary/aromatic N) is 1. The third-order valence-corrected chi connectivity index (χ3v) is 6.73. The number of unbranched alkanes of at least 4 members (excludes halogenated alkanes) is 1. The minimum atomic E-state index is -0.694. The zero-order chi connectivity index (χ0) is 20.9. The minimum Gasteiger partial charge on any atom is -0.407 e. The second-order valence-electron chi connectivity index (χ2n) is 7.82. The van der Waals surface area contributed by atoms with E-state index < -0.39 is 11.9 Å². The monoisotopic (exact) mass is 426 g/mol. The first-order valence-electron chi connectivity index (χ1n) is 10.6. The fourth-order valence-corrected chi connectivity index (χ4v) is 5.09. The molecule has 0 bridgehead atoms. The third-order valence-electron chi connectivity index (χ3n) is 5.74. The van der Waals surface area contributed by atoms with E-state index in [1.165, 1.54) is 60.0 Å². The summed E-state index contributed by atoms with van der Waals surface area (Å²) >= 11 is 1.75. The molecule has 4 nitrogen and oxygen atoms in total. The predicted octanol–water partition coefficient (Wildman–Crippen LogP) is 6.63. The number of carbonyl (C=O) groups is 1. The lowest BCUT2D eigenvalue weighted by atomic mass is 9.89. The lowest BCUT2D eigenvalue weighted by molar-refractivity contribution is 0.210. The lowest BCUT2D eigenvalue weighted by Crippen LogP contribution is -2.33. The summed E-state index contributed by atoms with van der Waals surface area (Å²) in [5.41, 5.74) is 2.03. The molecule has 1 aliphatic rings.